The van der Waals surface area contributed by atoms with Crippen molar-refractivity contribution in [3.63, 3.8) is 0 Å². The largest absolute Gasteiger partial charge is 0.455 e. The average molecular weight is 635 g/mol. The summed E-state index contributed by atoms with van der Waals surface area (Å²) in [6.07, 6.45) is 1.22. The fourth-order valence-electron chi connectivity index (χ4n) is 13.4. The molecule has 0 aromatic carbocycles. The van der Waals surface area contributed by atoms with Crippen molar-refractivity contribution in [1.29, 1.82) is 0 Å². The second-order valence-electron chi connectivity index (χ2n) is 18.6. The van der Waals surface area contributed by atoms with Crippen molar-refractivity contribution in [2.75, 3.05) is 6.61 Å². The number of carbonyl (C=O) groups excluding carboxylic acids is 1. The molecular formula is C36H58O9. The van der Waals surface area contributed by atoms with Crippen LogP contribution in [0.3, 0.4) is 0 Å². The zero-order valence-electron chi connectivity index (χ0n) is 28.4. The third-order valence-electron chi connectivity index (χ3n) is 16.1. The van der Waals surface area contributed by atoms with Crippen molar-refractivity contribution in [3.8, 4) is 0 Å². The average Bonchev–Trinajstić information content (AvgIpc) is 3.15. The first-order chi connectivity index (χ1) is 20.8. The summed E-state index contributed by atoms with van der Waals surface area (Å²) in [6, 6.07) is 0. The van der Waals surface area contributed by atoms with Crippen LogP contribution in [0, 0.1) is 50.2 Å². The Labute approximate surface area is 268 Å². The molecule has 5 N–H and O–H groups in total. The number of aliphatic hydroxyl groups is 5. The smallest absolute Gasteiger partial charge is 0.313 e. The van der Waals surface area contributed by atoms with E-state index in [0.29, 0.717) is 12.8 Å². The van der Waals surface area contributed by atoms with Crippen LogP contribution in [0.1, 0.15) is 113 Å². The van der Waals surface area contributed by atoms with E-state index in [9.17, 15) is 30.3 Å². The van der Waals surface area contributed by atoms with Gasteiger partial charge in [0.05, 0.1) is 24.2 Å². The highest BCUT2D eigenvalue weighted by molar-refractivity contribution is 5.82. The van der Waals surface area contributed by atoms with Crippen LogP contribution in [-0.4, -0.2) is 86.6 Å². The molecule has 7 fully saturated rings. The molecule has 1 spiro atoms. The van der Waals surface area contributed by atoms with Crippen LogP contribution >= 0.6 is 0 Å². The normalized spacial score (nSPS) is 58.0. The van der Waals surface area contributed by atoms with Crippen LogP contribution < -0.4 is 0 Å². The zero-order valence-corrected chi connectivity index (χ0v) is 28.4. The van der Waals surface area contributed by atoms with Crippen LogP contribution in [0.5, 0.6) is 0 Å². The number of esters is 1. The van der Waals surface area contributed by atoms with Gasteiger partial charge in [0.25, 0.3) is 0 Å². The maximum atomic E-state index is 13.9. The highest BCUT2D eigenvalue weighted by Crippen LogP contribution is 2.80. The molecule has 9 heteroatoms. The lowest BCUT2D eigenvalue weighted by molar-refractivity contribution is -0.340. The molecule has 7 rings (SSSR count). The molecule has 7 aliphatic rings. The summed E-state index contributed by atoms with van der Waals surface area (Å²) < 4.78 is 18.9. The van der Waals surface area contributed by atoms with Gasteiger partial charge in [-0.2, -0.15) is 0 Å². The highest BCUT2D eigenvalue weighted by Gasteiger charge is 2.83. The molecule has 0 amide bonds. The van der Waals surface area contributed by atoms with Gasteiger partial charge in [0.2, 0.25) is 0 Å². The number of carbonyl (C=O) groups is 1. The first-order valence-corrected chi connectivity index (χ1v) is 17.7. The van der Waals surface area contributed by atoms with E-state index < -0.39 is 54.4 Å². The third kappa shape index (κ3) is 3.89. The van der Waals surface area contributed by atoms with Gasteiger partial charge in [0, 0.05) is 11.3 Å². The highest BCUT2D eigenvalue weighted by atomic mass is 16.7. The Bertz CT molecular complexity index is 1220. The molecule has 15 atom stereocenters. The second-order valence-corrected chi connectivity index (χ2v) is 18.6. The van der Waals surface area contributed by atoms with E-state index in [1.807, 2.05) is 0 Å². The summed E-state index contributed by atoms with van der Waals surface area (Å²) in [7, 11) is 0. The molecule has 0 radical (unpaired) electrons. The Morgan fingerprint density at radius 3 is 2.18 bits per heavy atom. The van der Waals surface area contributed by atoms with Gasteiger partial charge in [-0.05, 0) is 97.7 Å². The third-order valence-corrected chi connectivity index (χ3v) is 16.1. The van der Waals surface area contributed by atoms with Crippen molar-refractivity contribution >= 4 is 5.97 Å². The summed E-state index contributed by atoms with van der Waals surface area (Å²) in [6.45, 7) is 15.8. The molecule has 9 nitrogen and oxygen atoms in total. The molecule has 5 aliphatic carbocycles. The Balaban J connectivity index is 1.20. The Morgan fingerprint density at radius 2 is 1.49 bits per heavy atom. The SMILES string of the molecule is CC1(C)CC[C@@]23CC[C@]4(C)[C@@](OC2=O)([C@@H]3C1)[C@@H](O)C[C@@H]1[C@@]2(C)CC[C@H](O[C@@H]3O[C@H](CO)[C@@H](O)[C@H](O)[C@H]3O)C(C)(C)[C@@H]2CC[C@]14C. The van der Waals surface area contributed by atoms with Gasteiger partial charge in [0.15, 0.2) is 6.29 Å². The minimum Gasteiger partial charge on any atom is -0.455 e. The summed E-state index contributed by atoms with van der Waals surface area (Å²) in [5, 5.41) is 53.5. The fourth-order valence-corrected chi connectivity index (χ4v) is 13.4. The number of hydrogen-bond donors (Lipinski definition) is 5. The molecule has 256 valence electrons. The van der Waals surface area contributed by atoms with Gasteiger partial charge < -0.3 is 39.7 Å². The van der Waals surface area contributed by atoms with Gasteiger partial charge in [-0.15, -0.1) is 0 Å². The summed E-state index contributed by atoms with van der Waals surface area (Å²) in [5.41, 5.74) is -2.09. The number of rotatable bonds is 3. The standard InChI is InChI=1S/C36H58O9/c1-30(2)12-14-35-15-13-34(7)33(6)11-8-20-31(3,4)24(44-28-27(41)26(40)25(39)19(18-37)43-28)9-10-32(20,5)21(33)16-23(38)36(34,22(35)17-30)45-29(35)42/h19-28,37-41H,8-18H2,1-7H3/t19-,20+,21-,22-,23+,24+,25-,26+,27-,28+,32+,33-,34+,35+,36-/m1/s1. The quantitative estimate of drug-likeness (QED) is 0.232. The Morgan fingerprint density at radius 1 is 0.800 bits per heavy atom. The molecule has 5 saturated carbocycles. The van der Waals surface area contributed by atoms with Crippen LogP contribution in [-0.2, 0) is 19.0 Å². The topological polar surface area (TPSA) is 146 Å². The summed E-state index contributed by atoms with van der Waals surface area (Å²) in [5.74, 6) is 0.473. The zero-order chi connectivity index (χ0) is 32.8. The molecule has 45 heavy (non-hydrogen) atoms. The van der Waals surface area contributed by atoms with Crippen LogP contribution in [0.4, 0.5) is 0 Å². The van der Waals surface area contributed by atoms with Gasteiger partial charge in [-0.25, -0.2) is 0 Å². The van der Waals surface area contributed by atoms with E-state index in [4.69, 9.17) is 14.2 Å². The Hall–Kier alpha value is -0.810. The molecule has 2 saturated heterocycles. The van der Waals surface area contributed by atoms with Crippen molar-refractivity contribution in [2.45, 2.75) is 161 Å². The van der Waals surface area contributed by atoms with Gasteiger partial charge in [-0.1, -0.05) is 48.5 Å². The van der Waals surface area contributed by atoms with Crippen LogP contribution in [0.15, 0.2) is 0 Å². The number of ether oxygens (including phenoxy) is 3. The van der Waals surface area contributed by atoms with Crippen molar-refractivity contribution in [1.82, 2.24) is 0 Å². The van der Waals surface area contributed by atoms with E-state index >= 15 is 0 Å². The molecule has 0 aromatic rings. The fraction of sp³-hybridized carbons (Fsp3) is 0.972. The molecule has 2 bridgehead atoms. The van der Waals surface area contributed by atoms with Crippen molar-refractivity contribution in [2.24, 2.45) is 50.2 Å². The van der Waals surface area contributed by atoms with Gasteiger partial charge in [0.1, 0.15) is 30.0 Å². The van der Waals surface area contributed by atoms with Gasteiger partial charge in [-0.3, -0.25) is 4.79 Å². The molecular weight excluding hydrogens is 576 g/mol. The van der Waals surface area contributed by atoms with E-state index in [1.165, 1.54) is 0 Å². The van der Waals surface area contributed by atoms with E-state index in [1.54, 1.807) is 0 Å². The molecule has 2 heterocycles. The monoisotopic (exact) mass is 634 g/mol. The first-order valence-electron chi connectivity index (χ1n) is 17.7. The lowest BCUT2D eigenvalue weighted by atomic mass is 9.30. The second kappa shape index (κ2) is 9.88. The minimum atomic E-state index is -1.47. The predicted octanol–water partition coefficient (Wildman–Crippen LogP) is 3.70. The number of aliphatic hydroxyl groups excluding tert-OH is 5. The van der Waals surface area contributed by atoms with Crippen molar-refractivity contribution < 1.29 is 44.5 Å². The molecule has 2 aliphatic heterocycles. The summed E-state index contributed by atoms with van der Waals surface area (Å²) >= 11 is 0. The maximum Gasteiger partial charge on any atom is 0.313 e. The van der Waals surface area contributed by atoms with Gasteiger partial charge >= 0.3 is 5.97 Å². The first kappa shape index (κ1) is 32.7. The number of hydrogen-bond acceptors (Lipinski definition) is 9. The molecule has 0 aromatic heterocycles. The molecule has 0 unspecified atom stereocenters. The lowest BCUT2D eigenvalue weighted by Gasteiger charge is -2.74. The van der Waals surface area contributed by atoms with Crippen LogP contribution in [0.2, 0.25) is 0 Å². The van der Waals surface area contributed by atoms with Crippen molar-refractivity contribution in [3.05, 3.63) is 0 Å². The maximum absolute atomic E-state index is 13.9. The number of fused-ring (bicyclic) bond motifs is 4. The minimum absolute atomic E-state index is 0.0393. The predicted molar refractivity (Wildman–Crippen MR) is 164 cm³/mol. The lowest BCUT2D eigenvalue weighted by Crippen LogP contribution is -2.76. The van der Waals surface area contributed by atoms with Crippen LogP contribution in [0.25, 0.3) is 0 Å². The summed E-state index contributed by atoms with van der Waals surface area (Å²) in [4.78, 5) is 13.9. The van der Waals surface area contributed by atoms with E-state index in [-0.39, 0.29) is 56.9 Å². The van der Waals surface area contributed by atoms with E-state index in [2.05, 4.69) is 48.5 Å². The Kier molecular flexibility index (Phi) is 7.19. The van der Waals surface area contributed by atoms with E-state index in [0.717, 1.165) is 51.4 Å².